The molecule has 0 spiro atoms. The van der Waals surface area contributed by atoms with Gasteiger partial charge in [0.25, 0.3) is 11.8 Å². The van der Waals surface area contributed by atoms with Crippen molar-refractivity contribution >= 4 is 11.8 Å². The van der Waals surface area contributed by atoms with Gasteiger partial charge in [0.05, 0.1) is 0 Å². The lowest BCUT2D eigenvalue weighted by Gasteiger charge is -2.12. The zero-order chi connectivity index (χ0) is 17.5. The first-order valence-corrected chi connectivity index (χ1v) is 7.40. The number of carbonyl (C=O) groups excluding carboxylic acids is 2. The number of halogens is 2. The zero-order valence-electron chi connectivity index (χ0n) is 13.1. The lowest BCUT2D eigenvalue weighted by Crippen LogP contribution is -2.87. The number of hydrazine groups is 1. The van der Waals surface area contributed by atoms with Crippen LogP contribution in [0.4, 0.5) is 8.78 Å². The van der Waals surface area contributed by atoms with Crippen LogP contribution in [0.2, 0.25) is 0 Å². The molecule has 0 radical (unpaired) electrons. The third kappa shape index (κ3) is 4.85. The topological polar surface area (TPSA) is 74.8 Å². The third-order valence-electron chi connectivity index (χ3n) is 3.46. The van der Waals surface area contributed by atoms with Gasteiger partial charge in [0.15, 0.2) is 6.54 Å². The molecule has 126 valence electrons. The molecule has 5 nitrogen and oxygen atoms in total. The summed E-state index contributed by atoms with van der Waals surface area (Å²) in [6.07, 6.45) is 0. The van der Waals surface area contributed by atoms with E-state index in [4.69, 9.17) is 0 Å². The molecule has 4 N–H and O–H groups in total. The van der Waals surface area contributed by atoms with Crippen molar-refractivity contribution in [2.24, 2.45) is 0 Å². The van der Waals surface area contributed by atoms with Crippen molar-refractivity contribution in [3.8, 4) is 0 Å². The van der Waals surface area contributed by atoms with Crippen LogP contribution < -0.4 is 16.2 Å². The first-order chi connectivity index (χ1) is 11.5. The molecular weight excluding hydrogens is 316 g/mol. The highest BCUT2D eigenvalue weighted by molar-refractivity contribution is 5.95. The molecule has 0 aliphatic carbocycles. The molecule has 0 aliphatic heterocycles. The Morgan fingerprint density at radius 3 is 2.46 bits per heavy atom. The Hall–Kier alpha value is -2.80. The van der Waals surface area contributed by atoms with Crippen LogP contribution in [-0.4, -0.2) is 18.4 Å². The summed E-state index contributed by atoms with van der Waals surface area (Å²) in [5.74, 6) is -2.17. The van der Waals surface area contributed by atoms with Gasteiger partial charge in [0, 0.05) is 17.2 Å². The predicted molar refractivity (Wildman–Crippen MR) is 83.6 cm³/mol. The Bertz CT molecular complexity index is 723. The van der Waals surface area contributed by atoms with Crippen LogP contribution in [0.1, 0.15) is 28.9 Å². The fourth-order valence-corrected chi connectivity index (χ4v) is 2.12. The monoisotopic (exact) mass is 334 g/mol. The van der Waals surface area contributed by atoms with Crippen LogP contribution in [0.15, 0.2) is 48.5 Å². The fourth-order valence-electron chi connectivity index (χ4n) is 2.12. The fraction of sp³-hybridized carbons (Fsp3) is 0.176. The van der Waals surface area contributed by atoms with Gasteiger partial charge >= 0.3 is 0 Å². The number of hydrogen-bond donors (Lipinski definition) is 3. The summed E-state index contributed by atoms with van der Waals surface area (Å²) in [5.41, 5.74) is 5.31. The minimum absolute atomic E-state index is 0.0208. The highest BCUT2D eigenvalue weighted by atomic mass is 19.1. The van der Waals surface area contributed by atoms with E-state index in [0.29, 0.717) is 11.1 Å². The van der Waals surface area contributed by atoms with Crippen LogP contribution >= 0.6 is 0 Å². The van der Waals surface area contributed by atoms with Gasteiger partial charge in [-0.1, -0.05) is 18.2 Å². The highest BCUT2D eigenvalue weighted by Crippen LogP contribution is 2.14. The third-order valence-corrected chi connectivity index (χ3v) is 3.46. The number of quaternary nitrogens is 1. The maximum Gasteiger partial charge on any atom is 0.293 e. The number of nitrogens with two attached hydrogens (primary N) is 1. The van der Waals surface area contributed by atoms with Crippen LogP contribution in [0, 0.1) is 11.6 Å². The van der Waals surface area contributed by atoms with E-state index in [9.17, 15) is 18.4 Å². The second kappa shape index (κ2) is 8.16. The van der Waals surface area contributed by atoms with Crippen molar-refractivity contribution in [1.29, 1.82) is 0 Å². The van der Waals surface area contributed by atoms with Gasteiger partial charge in [-0.3, -0.25) is 20.4 Å². The standard InChI is InChI=1S/C17H17F2N3O2/c1-11(14-8-7-13(18)9-15(14)19)20-10-16(23)21-22-17(24)12-5-3-2-4-6-12/h2-9,11,20H,10H2,1H3,(H,21,23)(H,22,24)/p+1/t11-/m0/s1. The van der Waals surface area contributed by atoms with Crippen molar-refractivity contribution in [3.63, 3.8) is 0 Å². The van der Waals surface area contributed by atoms with E-state index in [0.717, 1.165) is 6.07 Å². The average Bonchev–Trinajstić information content (AvgIpc) is 2.58. The summed E-state index contributed by atoms with van der Waals surface area (Å²) in [7, 11) is 0. The molecule has 0 saturated carbocycles. The summed E-state index contributed by atoms with van der Waals surface area (Å²) in [6, 6.07) is 11.4. The van der Waals surface area contributed by atoms with Crippen LogP contribution in [-0.2, 0) is 4.79 Å². The number of hydrogen-bond acceptors (Lipinski definition) is 2. The Morgan fingerprint density at radius 2 is 1.79 bits per heavy atom. The minimum Gasteiger partial charge on any atom is -0.332 e. The van der Waals surface area contributed by atoms with Gasteiger partial charge in [0.2, 0.25) is 0 Å². The Labute approximate surface area is 138 Å². The van der Waals surface area contributed by atoms with Crippen molar-refractivity contribution < 1.29 is 23.7 Å². The van der Waals surface area contributed by atoms with E-state index in [-0.39, 0.29) is 12.6 Å². The van der Waals surface area contributed by atoms with Crippen LogP contribution in [0.25, 0.3) is 0 Å². The first kappa shape index (κ1) is 17.6. The van der Waals surface area contributed by atoms with Gasteiger partial charge in [-0.25, -0.2) is 8.78 Å². The van der Waals surface area contributed by atoms with Crippen LogP contribution in [0.5, 0.6) is 0 Å². The second-order valence-electron chi connectivity index (χ2n) is 5.26. The molecule has 2 amide bonds. The maximum absolute atomic E-state index is 13.6. The quantitative estimate of drug-likeness (QED) is 0.715. The number of carbonyl (C=O) groups is 2. The number of rotatable bonds is 5. The maximum atomic E-state index is 13.6. The molecule has 7 heteroatoms. The molecule has 0 aliphatic rings. The molecule has 0 heterocycles. The van der Waals surface area contributed by atoms with Crippen molar-refractivity contribution in [1.82, 2.24) is 10.9 Å². The van der Waals surface area contributed by atoms with Gasteiger partial charge in [-0.15, -0.1) is 0 Å². The van der Waals surface area contributed by atoms with Crippen LogP contribution in [0.3, 0.4) is 0 Å². The molecule has 24 heavy (non-hydrogen) atoms. The lowest BCUT2D eigenvalue weighted by atomic mass is 10.1. The smallest absolute Gasteiger partial charge is 0.293 e. The Morgan fingerprint density at radius 1 is 1.08 bits per heavy atom. The molecule has 2 rings (SSSR count). The average molecular weight is 334 g/mol. The van der Waals surface area contributed by atoms with Gasteiger partial charge in [0.1, 0.15) is 17.7 Å². The summed E-state index contributed by atoms with van der Waals surface area (Å²) in [4.78, 5) is 23.5. The summed E-state index contributed by atoms with van der Waals surface area (Å²) in [5, 5.41) is 1.58. The van der Waals surface area contributed by atoms with Gasteiger partial charge in [-0.05, 0) is 31.2 Å². The highest BCUT2D eigenvalue weighted by Gasteiger charge is 2.16. The Balaban J connectivity index is 1.79. The van der Waals surface area contributed by atoms with E-state index in [1.807, 2.05) is 0 Å². The predicted octanol–water partition coefficient (Wildman–Crippen LogP) is 1.05. The SMILES string of the molecule is C[C@H]([NH2+]CC(=O)NNC(=O)c1ccccc1)c1ccc(F)cc1F. The molecule has 0 fully saturated rings. The summed E-state index contributed by atoms with van der Waals surface area (Å²) >= 11 is 0. The van der Waals surface area contributed by atoms with E-state index in [1.165, 1.54) is 12.1 Å². The van der Waals surface area contributed by atoms with Crippen molar-refractivity contribution in [2.45, 2.75) is 13.0 Å². The van der Waals surface area contributed by atoms with Gasteiger partial charge < -0.3 is 5.32 Å². The Kier molecular flexibility index (Phi) is 5.97. The minimum atomic E-state index is -0.656. The second-order valence-corrected chi connectivity index (χ2v) is 5.26. The first-order valence-electron chi connectivity index (χ1n) is 7.40. The van der Waals surface area contributed by atoms with E-state index < -0.39 is 23.4 Å². The molecule has 0 bridgehead atoms. The van der Waals surface area contributed by atoms with E-state index >= 15 is 0 Å². The molecule has 0 unspecified atom stereocenters. The summed E-state index contributed by atoms with van der Waals surface area (Å²) < 4.78 is 26.5. The number of nitrogens with one attached hydrogen (secondary N) is 2. The number of amides is 2. The molecule has 2 aromatic carbocycles. The molecule has 2 aromatic rings. The zero-order valence-corrected chi connectivity index (χ0v) is 13.1. The van der Waals surface area contributed by atoms with Crippen molar-refractivity contribution in [2.75, 3.05) is 6.54 Å². The molecule has 0 saturated heterocycles. The number of benzene rings is 2. The van der Waals surface area contributed by atoms with Gasteiger partial charge in [-0.2, -0.15) is 0 Å². The molecular formula is C17H18F2N3O2+. The largest absolute Gasteiger partial charge is 0.332 e. The lowest BCUT2D eigenvalue weighted by molar-refractivity contribution is -0.682. The normalized spacial score (nSPS) is 11.6. The van der Waals surface area contributed by atoms with E-state index in [2.05, 4.69) is 10.9 Å². The summed E-state index contributed by atoms with van der Waals surface area (Å²) in [6.45, 7) is 1.68. The molecule has 0 aromatic heterocycles. The van der Waals surface area contributed by atoms with E-state index in [1.54, 1.807) is 42.6 Å². The molecule has 1 atom stereocenters. The van der Waals surface area contributed by atoms with Crippen molar-refractivity contribution in [3.05, 3.63) is 71.3 Å².